The van der Waals surface area contributed by atoms with Gasteiger partial charge in [-0.1, -0.05) is 19.9 Å². The molecule has 4 heteroatoms. The lowest BCUT2D eigenvalue weighted by Crippen LogP contribution is -2.01. The normalized spacial score (nSPS) is 17.3. The Labute approximate surface area is 91.2 Å². The summed E-state index contributed by atoms with van der Waals surface area (Å²) in [5, 5.41) is 0. The first-order valence-corrected chi connectivity index (χ1v) is 5.14. The number of carbonyl (C=O) groups excluding carboxylic acids is 1. The van der Waals surface area contributed by atoms with E-state index >= 15 is 0 Å². The second-order valence-electron chi connectivity index (χ2n) is 3.11. The first-order chi connectivity index (χ1) is 7.24. The molecule has 0 aromatic carbocycles. The highest BCUT2D eigenvalue weighted by Gasteiger charge is 2.21. The fourth-order valence-corrected chi connectivity index (χ4v) is 0.709. The van der Waals surface area contributed by atoms with Crippen LogP contribution in [0.5, 0.6) is 0 Å². The van der Waals surface area contributed by atoms with Gasteiger partial charge in [-0.2, -0.15) is 0 Å². The first kappa shape index (κ1) is 14.1. The average Bonchev–Trinajstić information content (AvgIpc) is 3.08. The Hall–Kier alpha value is -0.870. The number of hydrogen-bond acceptors (Lipinski definition) is 4. The summed E-state index contributed by atoms with van der Waals surface area (Å²) in [4.78, 5) is 9.84. The third kappa shape index (κ3) is 11.1. The van der Waals surface area contributed by atoms with Gasteiger partial charge in [0, 0.05) is 12.7 Å². The number of rotatable bonds is 6. The number of hydrogen-bond donors (Lipinski definition) is 0. The Morgan fingerprint density at radius 3 is 2.67 bits per heavy atom. The molecule has 0 bridgehead atoms. The number of methoxy groups -OCH3 is 1. The molecule has 0 aliphatic carbocycles. The van der Waals surface area contributed by atoms with Crippen LogP contribution in [0.4, 0.5) is 0 Å². The number of carbonyl (C=O) groups is 1. The molecule has 88 valence electrons. The zero-order valence-electron chi connectivity index (χ0n) is 9.53. The Kier molecular flexibility index (Phi) is 9.11. The second-order valence-corrected chi connectivity index (χ2v) is 3.11. The maximum atomic E-state index is 9.84. The molecule has 4 nitrogen and oxygen atoms in total. The molecular formula is C11H20O4. The molecule has 0 amide bonds. The van der Waals surface area contributed by atoms with Crippen molar-refractivity contribution in [2.75, 3.05) is 26.9 Å². The largest absolute Gasteiger partial charge is 0.466 e. The van der Waals surface area contributed by atoms with Crippen molar-refractivity contribution in [3.8, 4) is 0 Å². The molecule has 1 atom stereocenters. The van der Waals surface area contributed by atoms with Crippen LogP contribution < -0.4 is 0 Å². The first-order valence-electron chi connectivity index (χ1n) is 5.14. The molecule has 15 heavy (non-hydrogen) atoms. The molecule has 0 saturated carbocycles. The lowest BCUT2D eigenvalue weighted by atomic mass is 10.4. The quantitative estimate of drug-likeness (QED) is 0.292. The fourth-order valence-electron chi connectivity index (χ4n) is 0.709. The van der Waals surface area contributed by atoms with Crippen LogP contribution in [0.15, 0.2) is 12.7 Å². The summed E-state index contributed by atoms with van der Waals surface area (Å²) >= 11 is 0. The molecule has 1 fully saturated rings. The summed E-state index contributed by atoms with van der Waals surface area (Å²) < 4.78 is 14.4. The van der Waals surface area contributed by atoms with Crippen molar-refractivity contribution < 1.29 is 19.0 Å². The topological polar surface area (TPSA) is 48.1 Å². The van der Waals surface area contributed by atoms with Gasteiger partial charge in [0.2, 0.25) is 0 Å². The van der Waals surface area contributed by atoms with Crippen LogP contribution in [0.25, 0.3) is 0 Å². The molecule has 1 rings (SSSR count). The molecule has 1 saturated heterocycles. The van der Waals surface area contributed by atoms with Gasteiger partial charge in [-0.25, -0.2) is 4.79 Å². The predicted octanol–water partition coefficient (Wildman–Crippen LogP) is 1.55. The Balaban J connectivity index is 0.000000288. The summed E-state index contributed by atoms with van der Waals surface area (Å²) in [6.45, 7) is 7.93. The van der Waals surface area contributed by atoms with Gasteiger partial charge in [-0.05, 0) is 6.42 Å². The van der Waals surface area contributed by atoms with Crippen molar-refractivity contribution in [1.82, 2.24) is 0 Å². The van der Waals surface area contributed by atoms with Crippen molar-refractivity contribution in [2.24, 2.45) is 0 Å². The monoisotopic (exact) mass is 216 g/mol. The molecule has 0 aromatic rings. The van der Waals surface area contributed by atoms with E-state index < -0.39 is 5.97 Å². The maximum Gasteiger partial charge on any atom is 0.329 e. The fraction of sp³-hybridized carbons (Fsp3) is 0.727. The van der Waals surface area contributed by atoms with Gasteiger partial charge >= 0.3 is 5.97 Å². The highest BCUT2D eigenvalue weighted by Crippen LogP contribution is 2.08. The number of epoxide rings is 1. The van der Waals surface area contributed by atoms with Crippen molar-refractivity contribution in [1.29, 1.82) is 0 Å². The van der Waals surface area contributed by atoms with E-state index in [1.165, 1.54) is 20.0 Å². The van der Waals surface area contributed by atoms with Gasteiger partial charge in [0.1, 0.15) is 6.10 Å². The minimum absolute atomic E-state index is 0.394. The van der Waals surface area contributed by atoms with Crippen molar-refractivity contribution in [2.45, 2.75) is 25.9 Å². The van der Waals surface area contributed by atoms with E-state index in [4.69, 9.17) is 9.47 Å². The molecule has 0 N–H and O–H groups in total. The maximum absolute atomic E-state index is 9.84. The van der Waals surface area contributed by atoms with Gasteiger partial charge in [0.05, 0.1) is 20.3 Å². The van der Waals surface area contributed by atoms with E-state index in [-0.39, 0.29) is 0 Å². The van der Waals surface area contributed by atoms with Crippen LogP contribution in [0, 0.1) is 0 Å². The zero-order chi connectivity index (χ0) is 11.5. The van der Waals surface area contributed by atoms with Crippen molar-refractivity contribution >= 4 is 5.97 Å². The predicted molar refractivity (Wildman–Crippen MR) is 57.7 cm³/mol. The van der Waals surface area contributed by atoms with Crippen LogP contribution >= 0.6 is 0 Å². The highest BCUT2D eigenvalue weighted by atomic mass is 16.6. The van der Waals surface area contributed by atoms with E-state index in [0.29, 0.717) is 6.10 Å². The van der Waals surface area contributed by atoms with Crippen molar-refractivity contribution in [3.05, 3.63) is 12.7 Å². The lowest BCUT2D eigenvalue weighted by molar-refractivity contribution is -0.134. The van der Waals surface area contributed by atoms with Crippen LogP contribution in [0.3, 0.4) is 0 Å². The Morgan fingerprint density at radius 2 is 2.33 bits per heavy atom. The molecule has 0 spiro atoms. The third-order valence-electron chi connectivity index (χ3n) is 1.72. The number of unbranched alkanes of at least 4 members (excludes halogenated alkanes) is 1. The van der Waals surface area contributed by atoms with E-state index in [1.54, 1.807) is 0 Å². The SMILES string of the molecule is C=CC(=O)OC.CCCCOCC1CO1. The second kappa shape index (κ2) is 9.68. The summed E-state index contributed by atoms with van der Waals surface area (Å²) in [5.41, 5.74) is 0. The van der Waals surface area contributed by atoms with Crippen LogP contribution in [-0.4, -0.2) is 39.0 Å². The van der Waals surface area contributed by atoms with Gasteiger partial charge in [0.25, 0.3) is 0 Å². The standard InChI is InChI=1S/C7H14O2.C4H6O2/c1-2-3-4-8-5-7-6-9-7;1-3-4(5)6-2/h7H,2-6H2,1H3;3H,1H2,2H3. The molecule has 1 unspecified atom stereocenters. The van der Waals surface area contributed by atoms with E-state index in [1.807, 2.05) is 0 Å². The molecule has 1 aliphatic heterocycles. The summed E-state index contributed by atoms with van der Waals surface area (Å²) in [6.07, 6.45) is 3.93. The minimum Gasteiger partial charge on any atom is -0.466 e. The van der Waals surface area contributed by atoms with E-state index in [2.05, 4.69) is 18.2 Å². The summed E-state index contributed by atoms with van der Waals surface area (Å²) in [5.74, 6) is -0.394. The van der Waals surface area contributed by atoms with Crippen LogP contribution in [-0.2, 0) is 19.0 Å². The zero-order valence-corrected chi connectivity index (χ0v) is 9.53. The summed E-state index contributed by atoms with van der Waals surface area (Å²) in [7, 11) is 1.31. The van der Waals surface area contributed by atoms with Crippen LogP contribution in [0.2, 0.25) is 0 Å². The molecule has 1 heterocycles. The third-order valence-corrected chi connectivity index (χ3v) is 1.72. The Morgan fingerprint density at radius 1 is 1.67 bits per heavy atom. The number of ether oxygens (including phenoxy) is 3. The minimum atomic E-state index is -0.394. The van der Waals surface area contributed by atoms with Crippen molar-refractivity contribution in [3.63, 3.8) is 0 Å². The van der Waals surface area contributed by atoms with Gasteiger partial charge in [0.15, 0.2) is 0 Å². The smallest absolute Gasteiger partial charge is 0.329 e. The van der Waals surface area contributed by atoms with Crippen LogP contribution in [0.1, 0.15) is 19.8 Å². The lowest BCUT2D eigenvalue weighted by Gasteiger charge is -1.97. The average molecular weight is 216 g/mol. The van der Waals surface area contributed by atoms with E-state index in [9.17, 15) is 4.79 Å². The molecule has 1 aliphatic rings. The molecule has 0 radical (unpaired) electrons. The van der Waals surface area contributed by atoms with Gasteiger partial charge in [-0.3, -0.25) is 0 Å². The highest BCUT2D eigenvalue weighted by molar-refractivity contribution is 5.80. The van der Waals surface area contributed by atoms with Gasteiger partial charge in [-0.15, -0.1) is 0 Å². The van der Waals surface area contributed by atoms with Gasteiger partial charge < -0.3 is 14.2 Å². The van der Waals surface area contributed by atoms with E-state index in [0.717, 1.165) is 25.9 Å². The molecular weight excluding hydrogens is 196 g/mol. The number of esters is 1. The summed E-state index contributed by atoms with van der Waals surface area (Å²) in [6, 6.07) is 0. The molecule has 0 aromatic heterocycles. The Bertz CT molecular complexity index is 175.